The minimum Gasteiger partial charge on any atom is -0.480 e. The smallest absolute Gasteiger partial charge is 0.326 e. The summed E-state index contributed by atoms with van der Waals surface area (Å²) in [4.78, 5) is 15.4. The van der Waals surface area contributed by atoms with E-state index in [1.54, 1.807) is 18.7 Å². The van der Waals surface area contributed by atoms with Crippen LogP contribution in [-0.4, -0.2) is 23.7 Å². The molecule has 110 valence electrons. The summed E-state index contributed by atoms with van der Waals surface area (Å²) in [6.07, 6.45) is 0. The molecule has 0 spiro atoms. The summed E-state index contributed by atoms with van der Waals surface area (Å²) in [5.74, 6) is -0.809. The Morgan fingerprint density at radius 3 is 2.38 bits per heavy atom. The van der Waals surface area contributed by atoms with Gasteiger partial charge < -0.3 is 10.0 Å². The van der Waals surface area contributed by atoms with E-state index in [4.69, 9.17) is 0 Å². The quantitative estimate of drug-likeness (QED) is 0.870. The van der Waals surface area contributed by atoms with Crippen LogP contribution in [0.1, 0.15) is 13.8 Å². The van der Waals surface area contributed by atoms with Crippen molar-refractivity contribution in [1.82, 2.24) is 0 Å². The second kappa shape index (κ2) is 7.18. The Bertz CT molecular complexity index is 601. The highest BCUT2D eigenvalue weighted by atomic mass is 32.2. The highest BCUT2D eigenvalue weighted by Crippen LogP contribution is 2.35. The summed E-state index contributed by atoms with van der Waals surface area (Å²) in [5, 5.41) is 9.28. The van der Waals surface area contributed by atoms with Crippen molar-refractivity contribution in [2.75, 3.05) is 11.4 Å². The molecule has 0 bridgehead atoms. The molecule has 1 atom stereocenters. The average molecular weight is 301 g/mol. The van der Waals surface area contributed by atoms with Crippen LogP contribution >= 0.6 is 11.8 Å². The normalized spacial score (nSPS) is 11.9. The van der Waals surface area contributed by atoms with Gasteiger partial charge in [0.1, 0.15) is 6.04 Å². The minimum absolute atomic E-state index is 0.549. The van der Waals surface area contributed by atoms with Crippen LogP contribution in [0, 0.1) is 0 Å². The van der Waals surface area contributed by atoms with Crippen molar-refractivity contribution < 1.29 is 9.90 Å². The Morgan fingerprint density at radius 2 is 1.76 bits per heavy atom. The molecule has 0 saturated heterocycles. The Hall–Kier alpha value is -1.94. The average Bonchev–Trinajstić information content (AvgIpc) is 2.50. The molecule has 0 aromatic heterocycles. The molecular weight excluding hydrogens is 282 g/mol. The molecule has 2 rings (SSSR count). The number of hydrogen-bond donors (Lipinski definition) is 1. The maximum atomic E-state index is 11.3. The standard InChI is InChI=1S/C17H19NO2S/c1-3-18(13(2)17(19)20)15-11-7-8-12-16(15)21-14-9-5-4-6-10-14/h4-13H,3H2,1-2H3,(H,19,20)/t13-/m0/s1. The monoisotopic (exact) mass is 301 g/mol. The Labute approximate surface area is 129 Å². The van der Waals surface area contributed by atoms with Crippen molar-refractivity contribution in [2.24, 2.45) is 0 Å². The van der Waals surface area contributed by atoms with Crippen molar-refractivity contribution >= 4 is 23.4 Å². The van der Waals surface area contributed by atoms with Crippen LogP contribution in [0.5, 0.6) is 0 Å². The van der Waals surface area contributed by atoms with Crippen LogP contribution < -0.4 is 4.90 Å². The molecule has 0 fully saturated rings. The molecule has 4 heteroatoms. The lowest BCUT2D eigenvalue weighted by Gasteiger charge is -2.29. The van der Waals surface area contributed by atoms with Crippen molar-refractivity contribution in [3.05, 3.63) is 54.6 Å². The lowest BCUT2D eigenvalue weighted by Crippen LogP contribution is -2.39. The van der Waals surface area contributed by atoms with Gasteiger partial charge >= 0.3 is 5.97 Å². The number of anilines is 1. The molecule has 2 aromatic carbocycles. The zero-order chi connectivity index (χ0) is 15.2. The minimum atomic E-state index is -0.809. The highest BCUT2D eigenvalue weighted by Gasteiger charge is 2.21. The summed E-state index contributed by atoms with van der Waals surface area (Å²) in [7, 11) is 0. The van der Waals surface area contributed by atoms with Crippen molar-refractivity contribution in [3.63, 3.8) is 0 Å². The van der Waals surface area contributed by atoms with Crippen LogP contribution in [0.4, 0.5) is 5.69 Å². The molecule has 0 aliphatic heterocycles. The molecule has 0 heterocycles. The van der Waals surface area contributed by atoms with Crippen LogP contribution in [0.3, 0.4) is 0 Å². The molecule has 0 unspecified atom stereocenters. The molecule has 0 aliphatic rings. The predicted molar refractivity (Wildman–Crippen MR) is 87.1 cm³/mol. The maximum absolute atomic E-state index is 11.3. The van der Waals surface area contributed by atoms with Crippen LogP contribution in [0.25, 0.3) is 0 Å². The first-order valence-corrected chi connectivity index (χ1v) is 7.76. The molecule has 0 radical (unpaired) electrons. The Kier molecular flexibility index (Phi) is 5.28. The van der Waals surface area contributed by atoms with Crippen molar-refractivity contribution in [1.29, 1.82) is 0 Å². The second-order valence-electron chi connectivity index (χ2n) is 4.68. The molecule has 0 saturated carbocycles. The number of hydrogen-bond acceptors (Lipinski definition) is 3. The third-order valence-corrected chi connectivity index (χ3v) is 4.38. The first-order chi connectivity index (χ1) is 10.1. The Morgan fingerprint density at radius 1 is 1.14 bits per heavy atom. The molecule has 2 aromatic rings. The molecule has 0 amide bonds. The van der Waals surface area contributed by atoms with E-state index in [2.05, 4.69) is 12.1 Å². The number of aliphatic carboxylic acids is 1. The number of carboxylic acids is 1. The number of para-hydroxylation sites is 1. The van der Waals surface area contributed by atoms with Crippen molar-refractivity contribution in [2.45, 2.75) is 29.7 Å². The van der Waals surface area contributed by atoms with E-state index in [1.807, 2.05) is 54.3 Å². The van der Waals surface area contributed by atoms with E-state index in [0.717, 1.165) is 15.5 Å². The molecule has 0 aliphatic carbocycles. The van der Waals surface area contributed by atoms with Gasteiger partial charge in [0, 0.05) is 16.3 Å². The van der Waals surface area contributed by atoms with Gasteiger partial charge in [0.25, 0.3) is 0 Å². The van der Waals surface area contributed by atoms with Crippen LogP contribution in [0.2, 0.25) is 0 Å². The van der Waals surface area contributed by atoms with Gasteiger partial charge in [0.2, 0.25) is 0 Å². The lowest BCUT2D eigenvalue weighted by atomic mass is 10.2. The number of carbonyl (C=O) groups is 1. The number of rotatable bonds is 6. The lowest BCUT2D eigenvalue weighted by molar-refractivity contribution is -0.138. The number of nitrogens with zero attached hydrogens (tertiary/aromatic N) is 1. The summed E-state index contributed by atoms with van der Waals surface area (Å²) < 4.78 is 0. The van der Waals surface area contributed by atoms with Gasteiger partial charge in [-0.15, -0.1) is 0 Å². The summed E-state index contributed by atoms with van der Waals surface area (Å²) in [6.45, 7) is 4.35. The fourth-order valence-electron chi connectivity index (χ4n) is 2.18. The van der Waals surface area contributed by atoms with E-state index in [9.17, 15) is 9.90 Å². The van der Waals surface area contributed by atoms with Gasteiger partial charge in [0.15, 0.2) is 0 Å². The zero-order valence-corrected chi connectivity index (χ0v) is 13.0. The number of likely N-dealkylation sites (N-methyl/N-ethyl adjacent to an activating group) is 1. The SMILES string of the molecule is CCN(c1ccccc1Sc1ccccc1)[C@@H](C)C(=O)O. The summed E-state index contributed by atoms with van der Waals surface area (Å²) in [5.41, 5.74) is 0.962. The molecule has 3 nitrogen and oxygen atoms in total. The molecular formula is C17H19NO2S. The zero-order valence-electron chi connectivity index (χ0n) is 12.2. The molecule has 1 N–H and O–H groups in total. The summed E-state index contributed by atoms with van der Waals surface area (Å²) >= 11 is 1.65. The van der Waals surface area contributed by atoms with Gasteiger partial charge in [-0.3, -0.25) is 0 Å². The van der Waals surface area contributed by atoms with Gasteiger partial charge in [-0.2, -0.15) is 0 Å². The van der Waals surface area contributed by atoms with E-state index in [1.165, 1.54) is 0 Å². The van der Waals surface area contributed by atoms with Crippen LogP contribution in [0.15, 0.2) is 64.4 Å². The largest absolute Gasteiger partial charge is 0.480 e. The fourth-order valence-corrected chi connectivity index (χ4v) is 3.17. The van der Waals surface area contributed by atoms with Gasteiger partial charge in [-0.05, 0) is 38.1 Å². The number of benzene rings is 2. The van der Waals surface area contributed by atoms with Gasteiger partial charge in [-0.25, -0.2) is 4.79 Å². The van der Waals surface area contributed by atoms with Gasteiger partial charge in [-0.1, -0.05) is 42.1 Å². The third kappa shape index (κ3) is 3.79. The first kappa shape index (κ1) is 15.4. The topological polar surface area (TPSA) is 40.5 Å². The third-order valence-electron chi connectivity index (χ3n) is 3.31. The first-order valence-electron chi connectivity index (χ1n) is 6.95. The van der Waals surface area contributed by atoms with Crippen LogP contribution in [-0.2, 0) is 4.79 Å². The number of carboxylic acid groups (broad SMARTS) is 1. The summed E-state index contributed by atoms with van der Waals surface area (Å²) in [6, 6.07) is 17.5. The maximum Gasteiger partial charge on any atom is 0.326 e. The van der Waals surface area contributed by atoms with E-state index in [-0.39, 0.29) is 0 Å². The second-order valence-corrected chi connectivity index (χ2v) is 5.80. The van der Waals surface area contributed by atoms with Gasteiger partial charge in [0.05, 0.1) is 5.69 Å². The fraction of sp³-hybridized carbons (Fsp3) is 0.235. The molecule has 21 heavy (non-hydrogen) atoms. The highest BCUT2D eigenvalue weighted by molar-refractivity contribution is 7.99. The van der Waals surface area contributed by atoms with Crippen molar-refractivity contribution in [3.8, 4) is 0 Å². The van der Waals surface area contributed by atoms with E-state index < -0.39 is 12.0 Å². The predicted octanol–water partition coefficient (Wildman–Crippen LogP) is 4.14. The van der Waals surface area contributed by atoms with E-state index >= 15 is 0 Å². The van der Waals surface area contributed by atoms with E-state index in [0.29, 0.717) is 6.54 Å². The Balaban J connectivity index is 2.33.